The van der Waals surface area contributed by atoms with Crippen LogP contribution in [0.15, 0.2) is 12.1 Å². The SMILES string of the molecule is CCOc1cc(C)c(Cl)cc1C(=O)CCCC(=O)OC. The Morgan fingerprint density at radius 3 is 2.55 bits per heavy atom. The van der Waals surface area contributed by atoms with Gasteiger partial charge >= 0.3 is 5.97 Å². The lowest BCUT2D eigenvalue weighted by molar-refractivity contribution is -0.140. The summed E-state index contributed by atoms with van der Waals surface area (Å²) >= 11 is 6.06. The fourth-order valence-corrected chi connectivity index (χ4v) is 1.94. The Hall–Kier alpha value is -1.55. The van der Waals surface area contributed by atoms with Crippen LogP contribution in [0.4, 0.5) is 0 Å². The molecule has 4 nitrogen and oxygen atoms in total. The molecule has 0 aromatic heterocycles. The maximum absolute atomic E-state index is 12.2. The molecule has 0 aliphatic heterocycles. The van der Waals surface area contributed by atoms with Crippen LogP contribution in [-0.4, -0.2) is 25.5 Å². The number of halogens is 1. The van der Waals surface area contributed by atoms with Crippen molar-refractivity contribution < 1.29 is 19.1 Å². The van der Waals surface area contributed by atoms with Crippen LogP contribution in [-0.2, 0) is 9.53 Å². The minimum absolute atomic E-state index is 0.0840. The monoisotopic (exact) mass is 298 g/mol. The minimum atomic E-state index is -0.315. The molecular weight excluding hydrogens is 280 g/mol. The Balaban J connectivity index is 2.80. The van der Waals surface area contributed by atoms with Crippen molar-refractivity contribution in [2.24, 2.45) is 0 Å². The second-order valence-electron chi connectivity index (χ2n) is 4.38. The van der Waals surface area contributed by atoms with Gasteiger partial charge in [-0.05, 0) is 38.0 Å². The first kappa shape index (κ1) is 16.5. The summed E-state index contributed by atoms with van der Waals surface area (Å²) in [5, 5.41) is 0.532. The number of hydrogen-bond acceptors (Lipinski definition) is 4. The highest BCUT2D eigenvalue weighted by molar-refractivity contribution is 6.31. The van der Waals surface area contributed by atoms with E-state index < -0.39 is 0 Å². The van der Waals surface area contributed by atoms with E-state index in [1.807, 2.05) is 13.8 Å². The predicted molar refractivity (Wildman–Crippen MR) is 77.6 cm³/mol. The molecule has 0 heterocycles. The Morgan fingerprint density at radius 2 is 1.95 bits per heavy atom. The van der Waals surface area contributed by atoms with Gasteiger partial charge in [-0.1, -0.05) is 11.6 Å². The van der Waals surface area contributed by atoms with E-state index in [1.165, 1.54) is 7.11 Å². The number of esters is 1. The zero-order chi connectivity index (χ0) is 15.1. The Labute approximate surface area is 124 Å². The average Bonchev–Trinajstić information content (AvgIpc) is 2.42. The van der Waals surface area contributed by atoms with Gasteiger partial charge in [-0.25, -0.2) is 0 Å². The molecule has 0 spiro atoms. The summed E-state index contributed by atoms with van der Waals surface area (Å²) in [6.07, 6.45) is 0.933. The van der Waals surface area contributed by atoms with E-state index >= 15 is 0 Å². The molecule has 5 heteroatoms. The van der Waals surface area contributed by atoms with Gasteiger partial charge in [-0.3, -0.25) is 9.59 Å². The molecule has 0 atom stereocenters. The number of Topliss-reactive ketones (excluding diaryl/α,β-unsaturated/α-hetero) is 1. The molecule has 0 fully saturated rings. The smallest absolute Gasteiger partial charge is 0.305 e. The summed E-state index contributed by atoms with van der Waals surface area (Å²) in [5.74, 6) is 0.140. The quantitative estimate of drug-likeness (QED) is 0.570. The molecule has 0 saturated carbocycles. The molecule has 0 bridgehead atoms. The summed E-state index contributed by atoms with van der Waals surface area (Å²) in [5.41, 5.74) is 1.33. The van der Waals surface area contributed by atoms with E-state index in [4.69, 9.17) is 16.3 Å². The van der Waals surface area contributed by atoms with E-state index in [0.717, 1.165) is 5.56 Å². The fourth-order valence-electron chi connectivity index (χ4n) is 1.78. The maximum atomic E-state index is 12.2. The molecular formula is C15H19ClO4. The van der Waals surface area contributed by atoms with Crippen molar-refractivity contribution in [2.45, 2.75) is 33.1 Å². The van der Waals surface area contributed by atoms with Gasteiger partial charge < -0.3 is 9.47 Å². The first-order valence-electron chi connectivity index (χ1n) is 6.52. The van der Waals surface area contributed by atoms with E-state index in [2.05, 4.69) is 4.74 Å². The second-order valence-corrected chi connectivity index (χ2v) is 4.79. The van der Waals surface area contributed by atoms with Gasteiger partial charge in [0, 0.05) is 17.9 Å². The molecule has 20 heavy (non-hydrogen) atoms. The second kappa shape index (κ2) is 7.90. The fraction of sp³-hybridized carbons (Fsp3) is 0.467. The lowest BCUT2D eigenvalue weighted by atomic mass is 10.0. The van der Waals surface area contributed by atoms with Crippen molar-refractivity contribution in [1.82, 2.24) is 0 Å². The summed E-state index contributed by atoms with van der Waals surface area (Å²) in [6, 6.07) is 3.39. The van der Waals surface area contributed by atoms with Crippen LogP contribution in [0.3, 0.4) is 0 Å². The Morgan fingerprint density at radius 1 is 1.25 bits per heavy atom. The highest BCUT2D eigenvalue weighted by Gasteiger charge is 2.15. The van der Waals surface area contributed by atoms with Crippen molar-refractivity contribution in [2.75, 3.05) is 13.7 Å². The number of rotatable bonds is 7. The van der Waals surface area contributed by atoms with Crippen LogP contribution in [0.1, 0.15) is 42.1 Å². The Bertz CT molecular complexity index is 497. The summed E-state index contributed by atoms with van der Waals surface area (Å²) in [6.45, 7) is 4.19. The summed E-state index contributed by atoms with van der Waals surface area (Å²) < 4.78 is 10.0. The number of ketones is 1. The number of benzene rings is 1. The minimum Gasteiger partial charge on any atom is -0.493 e. The summed E-state index contributed by atoms with van der Waals surface area (Å²) in [4.78, 5) is 23.2. The van der Waals surface area contributed by atoms with Gasteiger partial charge in [0.2, 0.25) is 0 Å². The molecule has 0 unspecified atom stereocenters. The normalized spacial score (nSPS) is 10.2. The van der Waals surface area contributed by atoms with Crippen molar-refractivity contribution >= 4 is 23.4 Å². The van der Waals surface area contributed by atoms with E-state index in [1.54, 1.807) is 12.1 Å². The summed E-state index contributed by atoms with van der Waals surface area (Å²) in [7, 11) is 1.33. The molecule has 1 aromatic carbocycles. The zero-order valence-corrected chi connectivity index (χ0v) is 12.8. The zero-order valence-electron chi connectivity index (χ0n) is 12.0. The van der Waals surface area contributed by atoms with Crippen LogP contribution in [0.25, 0.3) is 0 Å². The number of ether oxygens (including phenoxy) is 2. The van der Waals surface area contributed by atoms with Gasteiger partial charge in [0.25, 0.3) is 0 Å². The molecule has 0 N–H and O–H groups in total. The molecule has 1 rings (SSSR count). The van der Waals surface area contributed by atoms with Gasteiger partial charge in [0.15, 0.2) is 5.78 Å². The molecule has 1 aromatic rings. The van der Waals surface area contributed by atoms with Crippen molar-refractivity contribution in [1.29, 1.82) is 0 Å². The number of carbonyl (C=O) groups is 2. The number of hydrogen-bond donors (Lipinski definition) is 0. The number of carbonyl (C=O) groups excluding carboxylic acids is 2. The van der Waals surface area contributed by atoms with Gasteiger partial charge in [0.1, 0.15) is 5.75 Å². The third-order valence-electron chi connectivity index (χ3n) is 2.87. The third-order valence-corrected chi connectivity index (χ3v) is 3.28. The molecule has 0 aliphatic carbocycles. The van der Waals surface area contributed by atoms with Crippen molar-refractivity contribution in [3.05, 3.63) is 28.3 Å². The van der Waals surface area contributed by atoms with Crippen LogP contribution in [0, 0.1) is 6.92 Å². The van der Waals surface area contributed by atoms with Crippen LogP contribution < -0.4 is 4.74 Å². The van der Waals surface area contributed by atoms with Gasteiger partial charge in [0.05, 0.1) is 19.3 Å². The third kappa shape index (κ3) is 4.53. The van der Waals surface area contributed by atoms with Gasteiger partial charge in [-0.15, -0.1) is 0 Å². The maximum Gasteiger partial charge on any atom is 0.305 e. The topological polar surface area (TPSA) is 52.6 Å². The highest BCUT2D eigenvalue weighted by Crippen LogP contribution is 2.28. The molecule has 0 radical (unpaired) electrons. The molecule has 0 saturated heterocycles. The molecule has 0 amide bonds. The highest BCUT2D eigenvalue weighted by atomic mass is 35.5. The lowest BCUT2D eigenvalue weighted by Gasteiger charge is -2.11. The number of methoxy groups -OCH3 is 1. The first-order valence-corrected chi connectivity index (χ1v) is 6.90. The number of aryl methyl sites for hydroxylation is 1. The van der Waals surface area contributed by atoms with E-state index in [-0.39, 0.29) is 24.6 Å². The van der Waals surface area contributed by atoms with Crippen LogP contribution >= 0.6 is 11.6 Å². The van der Waals surface area contributed by atoms with Crippen LogP contribution in [0.5, 0.6) is 5.75 Å². The standard InChI is InChI=1S/C15H19ClO4/c1-4-20-14-8-10(2)12(16)9-11(14)13(17)6-5-7-15(18)19-3/h8-9H,4-7H2,1-3H3. The van der Waals surface area contributed by atoms with E-state index in [0.29, 0.717) is 29.4 Å². The largest absolute Gasteiger partial charge is 0.493 e. The first-order chi connectivity index (χ1) is 9.49. The lowest BCUT2D eigenvalue weighted by Crippen LogP contribution is -2.06. The molecule has 110 valence electrons. The van der Waals surface area contributed by atoms with Crippen molar-refractivity contribution in [3.8, 4) is 5.75 Å². The van der Waals surface area contributed by atoms with Gasteiger partial charge in [-0.2, -0.15) is 0 Å². The van der Waals surface area contributed by atoms with E-state index in [9.17, 15) is 9.59 Å². The molecule has 0 aliphatic rings. The van der Waals surface area contributed by atoms with Crippen molar-refractivity contribution in [3.63, 3.8) is 0 Å². The predicted octanol–water partition coefficient (Wildman–Crippen LogP) is 3.57. The Kier molecular flexibility index (Phi) is 6.52. The van der Waals surface area contributed by atoms with Crippen LogP contribution in [0.2, 0.25) is 5.02 Å². The average molecular weight is 299 g/mol.